The third-order valence-electron chi connectivity index (χ3n) is 14.0. The maximum absolute atomic E-state index is 6.68. The summed E-state index contributed by atoms with van der Waals surface area (Å²) in [6.45, 7) is 39.3. The maximum atomic E-state index is 6.68. The highest BCUT2D eigenvalue weighted by Crippen LogP contribution is 2.46. The monoisotopic (exact) mass is 1340 g/mol. The minimum absolute atomic E-state index is 0.180. The molecule has 18 heteroatoms. The number of rotatable bonds is 26. The van der Waals surface area contributed by atoms with E-state index in [-0.39, 0.29) is 65.8 Å². The molecule has 3 fully saturated rings. The maximum Gasteiger partial charge on any atom is 0.232 e. The van der Waals surface area contributed by atoms with Crippen LogP contribution in [-0.4, -0.2) is 151 Å². The Balaban J connectivity index is 1.93. The third kappa shape index (κ3) is 16.0. The van der Waals surface area contributed by atoms with Crippen molar-refractivity contribution in [3.8, 4) is 0 Å². The first kappa shape index (κ1) is 61.6. The molecule has 3 unspecified atom stereocenters. The van der Waals surface area contributed by atoms with Crippen molar-refractivity contribution in [2.45, 2.75) is 240 Å². The lowest BCUT2D eigenvalue weighted by Gasteiger charge is -2.56. The van der Waals surface area contributed by atoms with Gasteiger partial charge in [-0.05, 0) is 141 Å². The van der Waals surface area contributed by atoms with E-state index in [0.29, 0.717) is 19.8 Å². The van der Waals surface area contributed by atoms with Crippen molar-refractivity contribution < 1.29 is 14.5 Å². The van der Waals surface area contributed by atoms with Crippen LogP contribution in [0.1, 0.15) is 174 Å². The minimum atomic E-state index is -0.247. The fraction of sp³-hybridized carbons (Fsp3) is 0.940. The van der Waals surface area contributed by atoms with Gasteiger partial charge in [0.1, 0.15) is 0 Å². The summed E-state index contributed by atoms with van der Waals surface area (Å²) in [5.41, 5.74) is -1.48. The summed E-state index contributed by atoms with van der Waals surface area (Å²) < 4.78 is 0. The van der Waals surface area contributed by atoms with Crippen LogP contribution in [0.15, 0.2) is 0 Å². The lowest BCUT2D eigenvalue weighted by Crippen LogP contribution is -2.65. The molecule has 3 saturated heterocycles. The van der Waals surface area contributed by atoms with Crippen LogP contribution < -0.4 is 14.7 Å². The predicted octanol–water partition coefficient (Wildman–Crippen LogP) is 13.6. The van der Waals surface area contributed by atoms with E-state index in [1.54, 1.807) is 0 Å². The van der Waals surface area contributed by atoms with Gasteiger partial charge in [-0.1, -0.05) is 129 Å². The first-order valence-electron chi connectivity index (χ1n) is 25.6. The normalized spacial score (nSPS) is 23.6. The van der Waals surface area contributed by atoms with Gasteiger partial charge in [0, 0.05) is 101 Å². The molecule has 4 rings (SSSR count). The summed E-state index contributed by atoms with van der Waals surface area (Å²) in [6, 6.07) is 0.543. The van der Waals surface area contributed by atoms with Crippen molar-refractivity contribution in [2.24, 2.45) is 0 Å². The Bertz CT molecular complexity index is 1560. The SMILES string of the molecule is CCCCN(c1nc(N(CCC)C2CC(C)(C)N(OCC(Br)CBr)C(C)(C)C2)nc(N(CCCC)C2CC(C)(C)N(OCC(Br)CBr)C(C)(C)C2)n1)C1CC(C)(C)N(OCC(Br)CBr)C(C)(C)C1. The first-order chi connectivity index (χ1) is 31.6. The molecule has 396 valence electrons. The molecule has 0 aromatic carbocycles. The third-order valence-corrected chi connectivity index (χ3v) is 20.7. The van der Waals surface area contributed by atoms with Crippen molar-refractivity contribution in [3.63, 3.8) is 0 Å². The van der Waals surface area contributed by atoms with Crippen LogP contribution >= 0.6 is 95.6 Å². The van der Waals surface area contributed by atoms with E-state index in [1.165, 1.54) is 0 Å². The molecule has 1 aromatic heterocycles. The number of unbranched alkanes of at least 4 members (excludes halogenated alkanes) is 2. The van der Waals surface area contributed by atoms with Crippen LogP contribution in [0.2, 0.25) is 0 Å². The fourth-order valence-electron chi connectivity index (χ4n) is 11.9. The number of anilines is 3. The molecule has 3 atom stereocenters. The number of hydroxylamine groups is 6. The average molecular weight is 1350 g/mol. The zero-order valence-electron chi connectivity index (χ0n) is 44.6. The summed E-state index contributed by atoms with van der Waals surface area (Å²) in [5, 5.41) is 9.32. The number of hydrogen-bond acceptors (Lipinski definition) is 12. The Morgan fingerprint density at radius 2 is 0.676 bits per heavy atom. The lowest BCUT2D eigenvalue weighted by molar-refractivity contribution is -0.281. The molecule has 0 radical (unpaired) electrons. The highest BCUT2D eigenvalue weighted by molar-refractivity contribution is 9.12. The van der Waals surface area contributed by atoms with Gasteiger partial charge in [-0.15, -0.1) is 0 Å². The Kier molecular flexibility index (Phi) is 23.7. The van der Waals surface area contributed by atoms with E-state index in [9.17, 15) is 0 Å². The summed E-state index contributed by atoms with van der Waals surface area (Å²) in [5.74, 6) is 2.37. The molecular formula is C50H91Br6N9O3. The Labute approximate surface area is 464 Å². The summed E-state index contributed by atoms with van der Waals surface area (Å²) >= 11 is 22.3. The number of nitrogens with zero attached hydrogens (tertiary/aromatic N) is 9. The topological polar surface area (TPSA) is 85.8 Å². The van der Waals surface area contributed by atoms with E-state index in [1.807, 2.05) is 0 Å². The van der Waals surface area contributed by atoms with Crippen LogP contribution in [0.5, 0.6) is 0 Å². The standard InChI is InChI=1S/C50H91Br6N9O3/c1-16-19-22-61(40-26-47(8,9)64(48(10,11)27-40)67-34-37(55)31-52)43-57-42(60(21-18-3)39-24-45(4,5)63(46(6,7)25-39)66-33-36(54)30-51)58-44(59-43)62(23-20-17-2)41-28-49(12,13)65(50(14,15)29-41)68-35-38(56)32-53/h36-41H,16-35H2,1-15H3. The molecule has 0 bridgehead atoms. The summed E-state index contributed by atoms with van der Waals surface area (Å²) in [4.78, 5) is 45.5. The van der Waals surface area contributed by atoms with Crippen LogP contribution in [0, 0.1) is 0 Å². The summed E-state index contributed by atoms with van der Waals surface area (Å²) in [7, 11) is 0. The number of hydrogen-bond donors (Lipinski definition) is 0. The van der Waals surface area contributed by atoms with E-state index >= 15 is 0 Å². The van der Waals surface area contributed by atoms with Gasteiger partial charge in [-0.3, -0.25) is 14.5 Å². The van der Waals surface area contributed by atoms with E-state index < -0.39 is 0 Å². The fourth-order valence-corrected chi connectivity index (χ4v) is 12.8. The van der Waals surface area contributed by atoms with Gasteiger partial charge in [0.05, 0.1) is 19.8 Å². The second-order valence-corrected chi connectivity index (χ2v) is 29.4. The van der Waals surface area contributed by atoms with Gasteiger partial charge in [0.25, 0.3) is 0 Å². The summed E-state index contributed by atoms with van der Waals surface area (Å²) in [6.07, 6.45) is 10.7. The van der Waals surface area contributed by atoms with Crippen molar-refractivity contribution in [2.75, 3.05) is 70.1 Å². The number of aromatic nitrogens is 3. The minimum Gasteiger partial charge on any atom is -0.338 e. The van der Waals surface area contributed by atoms with Gasteiger partial charge >= 0.3 is 0 Å². The Morgan fingerprint density at radius 3 is 0.882 bits per heavy atom. The first-order valence-corrected chi connectivity index (χ1v) is 31.7. The van der Waals surface area contributed by atoms with Gasteiger partial charge in [0.2, 0.25) is 17.8 Å². The Morgan fingerprint density at radius 1 is 0.441 bits per heavy atom. The molecule has 0 saturated carbocycles. The molecule has 12 nitrogen and oxygen atoms in total. The molecular weight excluding hydrogens is 1250 g/mol. The van der Waals surface area contributed by atoms with Gasteiger partial charge in [0.15, 0.2) is 0 Å². The molecule has 3 aliphatic rings. The molecule has 1 aromatic rings. The zero-order valence-corrected chi connectivity index (χ0v) is 54.1. The Hall–Kier alpha value is 1.05. The molecule has 0 spiro atoms. The molecule has 68 heavy (non-hydrogen) atoms. The van der Waals surface area contributed by atoms with E-state index in [4.69, 9.17) is 29.5 Å². The highest BCUT2D eigenvalue weighted by Gasteiger charge is 2.52. The van der Waals surface area contributed by atoms with Crippen molar-refractivity contribution in [1.82, 2.24) is 30.1 Å². The van der Waals surface area contributed by atoms with Crippen LogP contribution in [-0.2, 0) is 14.5 Å². The van der Waals surface area contributed by atoms with Crippen molar-refractivity contribution in [3.05, 3.63) is 0 Å². The van der Waals surface area contributed by atoms with E-state index in [2.05, 4.69) is 229 Å². The van der Waals surface area contributed by atoms with Gasteiger partial charge < -0.3 is 14.7 Å². The molecule has 3 aliphatic heterocycles. The molecule has 4 heterocycles. The van der Waals surface area contributed by atoms with Crippen LogP contribution in [0.4, 0.5) is 17.8 Å². The molecule has 0 N–H and O–H groups in total. The lowest BCUT2D eigenvalue weighted by atomic mass is 9.78. The molecule has 0 amide bonds. The number of halogens is 6. The smallest absolute Gasteiger partial charge is 0.232 e. The van der Waals surface area contributed by atoms with Gasteiger partial charge in [-0.2, -0.15) is 30.1 Å². The van der Waals surface area contributed by atoms with Crippen molar-refractivity contribution >= 4 is 113 Å². The largest absolute Gasteiger partial charge is 0.338 e. The second-order valence-electron chi connectivity index (χ2n) is 23.6. The quantitative estimate of drug-likeness (QED) is 0.0828. The zero-order chi connectivity index (χ0) is 51.0. The second kappa shape index (κ2) is 26.2. The van der Waals surface area contributed by atoms with Crippen molar-refractivity contribution in [1.29, 1.82) is 0 Å². The molecule has 0 aliphatic carbocycles. The average Bonchev–Trinajstić information content (AvgIpc) is 3.22. The van der Waals surface area contributed by atoms with E-state index in [0.717, 1.165) is 124 Å². The number of piperidine rings is 3. The predicted molar refractivity (Wildman–Crippen MR) is 308 cm³/mol. The highest BCUT2D eigenvalue weighted by atomic mass is 79.9. The number of alkyl halides is 6. The van der Waals surface area contributed by atoms with Crippen LogP contribution in [0.25, 0.3) is 0 Å². The van der Waals surface area contributed by atoms with Gasteiger partial charge in [-0.25, -0.2) is 0 Å². The van der Waals surface area contributed by atoms with Crippen LogP contribution in [0.3, 0.4) is 0 Å².